The van der Waals surface area contributed by atoms with Crippen molar-refractivity contribution in [1.29, 1.82) is 0 Å². The summed E-state index contributed by atoms with van der Waals surface area (Å²) in [7, 11) is 0. The summed E-state index contributed by atoms with van der Waals surface area (Å²) < 4.78 is 29.4. The van der Waals surface area contributed by atoms with Gasteiger partial charge in [-0.25, -0.2) is 13.3 Å². The van der Waals surface area contributed by atoms with Crippen LogP contribution in [0, 0.1) is 11.6 Å². The number of pyridine rings is 1. The number of anilines is 1. The molecule has 4 nitrogen and oxygen atoms in total. The normalized spacial score (nSPS) is 16.9. The molecule has 1 saturated heterocycles. The van der Waals surface area contributed by atoms with Gasteiger partial charge in [0.05, 0.1) is 23.3 Å². The Bertz CT molecular complexity index is 928. The Morgan fingerprint density at radius 1 is 1.20 bits per heavy atom. The monoisotopic (exact) mass is 351 g/mol. The first-order valence-corrected chi connectivity index (χ1v) is 7.81. The van der Waals surface area contributed by atoms with Gasteiger partial charge in [0, 0.05) is 24.0 Å². The van der Waals surface area contributed by atoms with Gasteiger partial charge >= 0.3 is 29.6 Å². The molecule has 0 bridgehead atoms. The summed E-state index contributed by atoms with van der Waals surface area (Å²) in [5.74, 6) is -0.833. The topological polar surface area (TPSA) is 37.6 Å². The van der Waals surface area contributed by atoms with Gasteiger partial charge < -0.3 is 4.90 Å². The van der Waals surface area contributed by atoms with Gasteiger partial charge in [0.2, 0.25) is 0 Å². The van der Waals surface area contributed by atoms with E-state index in [1.165, 1.54) is 18.3 Å². The van der Waals surface area contributed by atoms with Gasteiger partial charge in [0.1, 0.15) is 11.6 Å². The van der Waals surface area contributed by atoms with Crippen LogP contribution in [0.1, 0.15) is 34.8 Å². The van der Waals surface area contributed by atoms with Gasteiger partial charge in [-0.1, -0.05) is 0 Å². The van der Waals surface area contributed by atoms with E-state index in [1.807, 2.05) is 12.1 Å². The summed E-state index contributed by atoms with van der Waals surface area (Å²) in [5.41, 5.74) is 2.45. The second kappa shape index (κ2) is 7.23. The molecule has 4 rings (SSSR count). The fraction of sp³-hybridized carbons (Fsp3) is 0.222. The van der Waals surface area contributed by atoms with Crippen LogP contribution < -0.4 is 4.90 Å². The van der Waals surface area contributed by atoms with Gasteiger partial charge in [-0.05, 0) is 43.2 Å². The fourth-order valence-corrected chi connectivity index (χ4v) is 3.43. The zero-order valence-electron chi connectivity index (χ0n) is 12.8. The molecule has 3 heterocycles. The maximum absolute atomic E-state index is 14.2. The summed E-state index contributed by atoms with van der Waals surface area (Å²) in [6.45, 7) is 0.751. The first-order chi connectivity index (χ1) is 11.7. The Morgan fingerprint density at radius 3 is 2.84 bits per heavy atom. The molecule has 1 aromatic carbocycles. The van der Waals surface area contributed by atoms with Crippen molar-refractivity contribution in [3.63, 3.8) is 0 Å². The van der Waals surface area contributed by atoms with Crippen molar-refractivity contribution < 1.29 is 13.6 Å². The predicted octanol–water partition coefficient (Wildman–Crippen LogP) is 3.12. The number of nitrogens with zero attached hydrogens (tertiary/aromatic N) is 3. The number of hydrogen-bond acceptors (Lipinski definition) is 3. The van der Waals surface area contributed by atoms with Gasteiger partial charge in [-0.2, -0.15) is 5.10 Å². The Hall–Kier alpha value is -1.76. The Kier molecular flexibility index (Phi) is 5.22. The van der Waals surface area contributed by atoms with Crippen LogP contribution in [-0.4, -0.2) is 52.0 Å². The van der Waals surface area contributed by atoms with E-state index in [1.54, 1.807) is 10.7 Å². The van der Waals surface area contributed by atoms with Crippen molar-refractivity contribution in [3.05, 3.63) is 65.5 Å². The quantitative estimate of drug-likeness (QED) is 0.538. The second-order valence-electron chi connectivity index (χ2n) is 5.95. The third kappa shape index (κ3) is 3.21. The zero-order valence-corrected chi connectivity index (χ0v) is 12.8. The molecule has 3 aromatic rings. The van der Waals surface area contributed by atoms with Crippen LogP contribution in [0.15, 0.2) is 42.7 Å². The first-order valence-electron chi connectivity index (χ1n) is 7.81. The van der Waals surface area contributed by atoms with Crippen molar-refractivity contribution in [2.24, 2.45) is 0 Å². The van der Waals surface area contributed by atoms with E-state index in [4.69, 9.17) is 0 Å². The predicted molar refractivity (Wildman–Crippen MR) is 93.4 cm³/mol. The molecule has 0 N–H and O–H groups in total. The number of hydrogen-bond donors (Lipinski definition) is 0. The minimum atomic E-state index is -0.437. The molecule has 25 heavy (non-hydrogen) atoms. The first kappa shape index (κ1) is 18.0. The van der Waals surface area contributed by atoms with E-state index >= 15 is 0 Å². The molecular weight excluding hydrogens is 335 g/mol. The summed E-state index contributed by atoms with van der Waals surface area (Å²) in [6, 6.07) is 7.10. The number of aromatic nitrogens is 2. The maximum atomic E-state index is 14.2. The molecule has 0 radical (unpaired) electrons. The number of halogens is 2. The summed E-state index contributed by atoms with van der Waals surface area (Å²) in [6.07, 6.45) is 5.70. The molecule has 0 aliphatic carbocycles. The van der Waals surface area contributed by atoms with E-state index in [9.17, 15) is 13.6 Å². The van der Waals surface area contributed by atoms with E-state index < -0.39 is 11.6 Å². The molecule has 1 aliphatic heterocycles. The van der Waals surface area contributed by atoms with Crippen molar-refractivity contribution in [1.82, 2.24) is 9.61 Å². The van der Waals surface area contributed by atoms with E-state index in [2.05, 4.69) is 10.00 Å². The Morgan fingerprint density at radius 2 is 2.04 bits per heavy atom. The van der Waals surface area contributed by atoms with Crippen LogP contribution in [0.4, 0.5) is 14.5 Å². The van der Waals surface area contributed by atoms with E-state index in [0.717, 1.165) is 37.4 Å². The number of carbonyl (C=O) groups excluding carboxylic acids is 1. The van der Waals surface area contributed by atoms with Crippen LogP contribution in [0.5, 0.6) is 0 Å². The zero-order chi connectivity index (χ0) is 16.7. The molecule has 1 fully saturated rings. The molecule has 7 heteroatoms. The standard InChI is InChI=1S/C18H15F2N3O.Na.H/c19-13-3-4-16(20)15(8-13)17-2-1-6-22(17)14-5-7-23-18(9-14)12(11-24)10-21-23;;/h3-5,7-11,17H,1-2,6H2;;. The van der Waals surface area contributed by atoms with Gasteiger partial charge in [-0.15, -0.1) is 0 Å². The third-order valence-electron chi connectivity index (χ3n) is 4.56. The molecule has 124 valence electrons. The summed E-state index contributed by atoms with van der Waals surface area (Å²) >= 11 is 0. The van der Waals surface area contributed by atoms with E-state index in [0.29, 0.717) is 16.6 Å². The number of rotatable bonds is 3. The van der Waals surface area contributed by atoms with Crippen molar-refractivity contribution in [2.75, 3.05) is 11.4 Å². The van der Waals surface area contributed by atoms with Gasteiger partial charge in [0.25, 0.3) is 0 Å². The number of benzene rings is 1. The minimum absolute atomic E-state index is 0. The summed E-state index contributed by atoms with van der Waals surface area (Å²) in [5, 5.41) is 4.12. The molecule has 1 unspecified atom stereocenters. The second-order valence-corrected chi connectivity index (χ2v) is 5.95. The van der Waals surface area contributed by atoms with Crippen molar-refractivity contribution >= 4 is 47.0 Å². The molecule has 1 atom stereocenters. The van der Waals surface area contributed by atoms with Crippen molar-refractivity contribution in [2.45, 2.75) is 18.9 Å². The molecule has 0 amide bonds. The molecule has 2 aromatic heterocycles. The number of aldehydes is 1. The Balaban J connectivity index is 0.00000182. The van der Waals surface area contributed by atoms with Gasteiger partial charge in [-0.3, -0.25) is 4.79 Å². The average molecular weight is 351 g/mol. The summed E-state index contributed by atoms with van der Waals surface area (Å²) in [4.78, 5) is 13.2. The molecular formula is C18H16F2N3NaO. The molecule has 1 aliphatic rings. The van der Waals surface area contributed by atoms with E-state index in [-0.39, 0.29) is 35.6 Å². The number of fused-ring (bicyclic) bond motifs is 1. The molecule has 0 spiro atoms. The SMILES string of the molecule is O=Cc1cnn2ccc(N3CCCC3c3cc(F)ccc3F)cc12.[NaH]. The van der Waals surface area contributed by atoms with Crippen LogP contribution in [0.2, 0.25) is 0 Å². The van der Waals surface area contributed by atoms with Gasteiger partial charge in [0.15, 0.2) is 6.29 Å². The van der Waals surface area contributed by atoms with Crippen LogP contribution in [-0.2, 0) is 0 Å². The average Bonchev–Trinajstić information content (AvgIpc) is 3.22. The number of carbonyl (C=O) groups is 1. The van der Waals surface area contributed by atoms with Crippen LogP contribution >= 0.6 is 0 Å². The van der Waals surface area contributed by atoms with Crippen LogP contribution in [0.25, 0.3) is 5.52 Å². The molecule has 0 saturated carbocycles. The fourth-order valence-electron chi connectivity index (χ4n) is 3.43. The Labute approximate surface area is 165 Å². The third-order valence-corrected chi connectivity index (χ3v) is 4.56. The van der Waals surface area contributed by atoms with Crippen molar-refractivity contribution in [3.8, 4) is 0 Å². The van der Waals surface area contributed by atoms with Crippen LogP contribution in [0.3, 0.4) is 0 Å².